The van der Waals surface area contributed by atoms with Gasteiger partial charge in [0.05, 0.1) is 19.2 Å². The van der Waals surface area contributed by atoms with Gasteiger partial charge in [0, 0.05) is 49.5 Å². The van der Waals surface area contributed by atoms with E-state index in [1.165, 1.54) is 36.5 Å². The average molecular weight is 439 g/mol. The second kappa shape index (κ2) is 9.61. The number of terminal acetylenes is 1. The summed E-state index contributed by atoms with van der Waals surface area (Å²) in [5.74, 6) is -0.315. The van der Waals surface area contributed by atoms with Crippen LogP contribution in [0.1, 0.15) is 30.9 Å². The van der Waals surface area contributed by atoms with Crippen molar-refractivity contribution in [3.63, 3.8) is 0 Å². The molecular weight excluding hydrogens is 416 g/mol. The summed E-state index contributed by atoms with van der Waals surface area (Å²) in [7, 11) is 1.35. The maximum absolute atomic E-state index is 14.7. The van der Waals surface area contributed by atoms with E-state index in [4.69, 9.17) is 16.4 Å². The topological polar surface area (TPSA) is 82.4 Å². The summed E-state index contributed by atoms with van der Waals surface area (Å²) in [5, 5.41) is 8.94. The Morgan fingerprint density at radius 3 is 2.75 bits per heavy atom. The number of carbonyl (C=O) groups is 1. The van der Waals surface area contributed by atoms with Crippen molar-refractivity contribution >= 4 is 11.7 Å². The minimum atomic E-state index is -3.21. The summed E-state index contributed by atoms with van der Waals surface area (Å²) < 4.78 is 34.2. The molecule has 0 radical (unpaired) electrons. The van der Waals surface area contributed by atoms with Crippen LogP contribution in [0.2, 0.25) is 0 Å². The van der Waals surface area contributed by atoms with Crippen LogP contribution < -0.4 is 9.64 Å². The van der Waals surface area contributed by atoms with Crippen LogP contribution >= 0.6 is 0 Å². The van der Waals surface area contributed by atoms with Gasteiger partial charge in [0.2, 0.25) is 11.8 Å². The predicted molar refractivity (Wildman–Crippen MR) is 114 cm³/mol. The van der Waals surface area contributed by atoms with Gasteiger partial charge in [-0.3, -0.25) is 4.79 Å². The first-order valence-electron chi connectivity index (χ1n) is 10.1. The van der Waals surface area contributed by atoms with Gasteiger partial charge in [-0.15, -0.1) is 6.42 Å². The number of carbonyl (C=O) groups excluding carboxylic acids is 1. The first-order chi connectivity index (χ1) is 15.3. The molecule has 7 nitrogen and oxygen atoms in total. The van der Waals surface area contributed by atoms with Crippen molar-refractivity contribution in [1.29, 1.82) is 5.26 Å². The fourth-order valence-corrected chi connectivity index (χ4v) is 3.64. The maximum Gasteiger partial charge on any atom is 0.274 e. The second-order valence-corrected chi connectivity index (χ2v) is 7.54. The third-order valence-electron chi connectivity index (χ3n) is 5.44. The molecule has 0 spiro atoms. The van der Waals surface area contributed by atoms with E-state index < -0.39 is 24.3 Å². The number of alkyl halides is 2. The SMILES string of the molecule is C#C[C@H]1CN(c2ccc(C#N)cn2)[C@@H](C)CN1C(=O)CCC(F)(F)c1ccnc(OC)c1. The van der Waals surface area contributed by atoms with Crippen LogP contribution in [0.3, 0.4) is 0 Å². The van der Waals surface area contributed by atoms with Crippen LogP contribution in [-0.4, -0.2) is 53.1 Å². The number of nitrogens with zero attached hydrogens (tertiary/aromatic N) is 5. The Hall–Kier alpha value is -3.72. The summed E-state index contributed by atoms with van der Waals surface area (Å²) in [6, 6.07) is 7.07. The number of amides is 1. The molecule has 166 valence electrons. The van der Waals surface area contributed by atoms with Crippen molar-refractivity contribution in [2.75, 3.05) is 25.1 Å². The molecule has 1 aliphatic heterocycles. The highest BCUT2D eigenvalue weighted by atomic mass is 19.3. The van der Waals surface area contributed by atoms with E-state index in [9.17, 15) is 13.6 Å². The maximum atomic E-state index is 14.7. The molecule has 0 aromatic carbocycles. The van der Waals surface area contributed by atoms with Crippen LogP contribution in [0, 0.1) is 23.7 Å². The number of anilines is 1. The largest absolute Gasteiger partial charge is 0.481 e. The van der Waals surface area contributed by atoms with Crippen molar-refractivity contribution in [2.24, 2.45) is 0 Å². The van der Waals surface area contributed by atoms with E-state index in [-0.39, 0.29) is 30.5 Å². The Kier molecular flexibility index (Phi) is 6.89. The van der Waals surface area contributed by atoms with Gasteiger partial charge in [-0.2, -0.15) is 5.26 Å². The molecular formula is C23H23F2N5O2. The highest BCUT2D eigenvalue weighted by Gasteiger charge is 2.37. The van der Waals surface area contributed by atoms with E-state index in [1.807, 2.05) is 17.9 Å². The van der Waals surface area contributed by atoms with Gasteiger partial charge in [-0.25, -0.2) is 18.7 Å². The lowest BCUT2D eigenvalue weighted by atomic mass is 10.0. The first-order valence-corrected chi connectivity index (χ1v) is 10.1. The molecule has 3 heterocycles. The van der Waals surface area contributed by atoms with E-state index in [0.717, 1.165) is 0 Å². The van der Waals surface area contributed by atoms with Crippen molar-refractivity contribution < 1.29 is 18.3 Å². The number of hydrogen-bond donors (Lipinski definition) is 0. The summed E-state index contributed by atoms with van der Waals surface area (Å²) >= 11 is 0. The van der Waals surface area contributed by atoms with Gasteiger partial charge >= 0.3 is 0 Å². The van der Waals surface area contributed by atoms with E-state index in [0.29, 0.717) is 17.9 Å². The van der Waals surface area contributed by atoms with Gasteiger partial charge in [0.25, 0.3) is 5.92 Å². The number of rotatable bonds is 6. The molecule has 0 saturated carbocycles. The molecule has 1 saturated heterocycles. The molecule has 2 atom stereocenters. The fraction of sp³-hybridized carbons (Fsp3) is 0.391. The molecule has 32 heavy (non-hydrogen) atoms. The van der Waals surface area contributed by atoms with Crippen LogP contribution in [0.4, 0.5) is 14.6 Å². The summed E-state index contributed by atoms with van der Waals surface area (Å²) in [6.07, 6.45) is 7.38. The minimum Gasteiger partial charge on any atom is -0.481 e. The number of halogens is 2. The average Bonchev–Trinajstić information content (AvgIpc) is 2.82. The second-order valence-electron chi connectivity index (χ2n) is 7.54. The van der Waals surface area contributed by atoms with Crippen molar-refractivity contribution in [3.05, 3.63) is 47.8 Å². The van der Waals surface area contributed by atoms with Gasteiger partial charge in [0.15, 0.2) is 0 Å². The summed E-state index contributed by atoms with van der Waals surface area (Å²) in [5.41, 5.74) is 0.187. The van der Waals surface area contributed by atoms with E-state index in [1.54, 1.807) is 12.1 Å². The molecule has 0 N–H and O–H groups in total. The Balaban J connectivity index is 1.67. The monoisotopic (exact) mass is 439 g/mol. The zero-order valence-electron chi connectivity index (χ0n) is 17.8. The molecule has 9 heteroatoms. The lowest BCUT2D eigenvalue weighted by molar-refractivity contribution is -0.135. The first kappa shape index (κ1) is 23.0. The quantitative estimate of drug-likeness (QED) is 0.644. The highest BCUT2D eigenvalue weighted by Crippen LogP contribution is 2.34. The molecule has 1 amide bonds. The van der Waals surface area contributed by atoms with Gasteiger partial charge in [0.1, 0.15) is 17.9 Å². The third-order valence-corrected chi connectivity index (χ3v) is 5.44. The molecule has 0 aliphatic carbocycles. The van der Waals surface area contributed by atoms with Crippen LogP contribution in [0.25, 0.3) is 0 Å². The van der Waals surface area contributed by atoms with Gasteiger partial charge in [-0.05, 0) is 25.1 Å². The number of methoxy groups -OCH3 is 1. The molecule has 2 aromatic heterocycles. The van der Waals surface area contributed by atoms with Crippen molar-refractivity contribution in [1.82, 2.24) is 14.9 Å². The zero-order chi connectivity index (χ0) is 23.3. The normalized spacial score (nSPS) is 18.6. The number of nitriles is 1. The predicted octanol–water partition coefficient (Wildman–Crippen LogP) is 2.97. The molecule has 0 unspecified atom stereocenters. The minimum absolute atomic E-state index is 0.0854. The Morgan fingerprint density at radius 1 is 1.34 bits per heavy atom. The Labute approximate surface area is 185 Å². The lowest BCUT2D eigenvalue weighted by Gasteiger charge is -2.44. The Bertz CT molecular complexity index is 1050. The standard InChI is InChI=1S/C23H23F2N5O2/c1-4-19-15-29(20-6-5-17(12-26)13-28-20)16(2)14-30(19)22(31)7-9-23(24,25)18-8-10-27-21(11-18)32-3/h1,5-6,8,10-11,13,16,19H,7,9,14-15H2,2-3H3/t16-,19-/m0/s1. The summed E-state index contributed by atoms with van der Waals surface area (Å²) in [4.78, 5) is 24.4. The Morgan fingerprint density at radius 2 is 2.12 bits per heavy atom. The van der Waals surface area contributed by atoms with Crippen LogP contribution in [0.5, 0.6) is 5.88 Å². The van der Waals surface area contributed by atoms with Crippen LogP contribution in [-0.2, 0) is 10.7 Å². The highest BCUT2D eigenvalue weighted by molar-refractivity contribution is 5.77. The molecule has 2 aromatic rings. The van der Waals surface area contributed by atoms with Crippen molar-refractivity contribution in [2.45, 2.75) is 37.8 Å². The molecule has 0 bridgehead atoms. The number of hydrogen-bond acceptors (Lipinski definition) is 6. The summed E-state index contributed by atoms with van der Waals surface area (Å²) in [6.45, 7) is 2.51. The number of piperazine rings is 1. The van der Waals surface area contributed by atoms with E-state index in [2.05, 4.69) is 15.9 Å². The fourth-order valence-electron chi connectivity index (χ4n) is 3.64. The molecule has 1 aliphatic rings. The van der Waals surface area contributed by atoms with E-state index >= 15 is 0 Å². The van der Waals surface area contributed by atoms with Gasteiger partial charge < -0.3 is 14.5 Å². The molecule has 1 fully saturated rings. The lowest BCUT2D eigenvalue weighted by Crippen LogP contribution is -2.59. The van der Waals surface area contributed by atoms with Crippen LogP contribution in [0.15, 0.2) is 36.7 Å². The zero-order valence-corrected chi connectivity index (χ0v) is 17.8. The number of ether oxygens (including phenoxy) is 1. The smallest absolute Gasteiger partial charge is 0.274 e. The third kappa shape index (κ3) is 4.94. The van der Waals surface area contributed by atoms with Crippen molar-refractivity contribution in [3.8, 4) is 24.3 Å². The number of aromatic nitrogens is 2. The molecule has 3 rings (SSSR count). The van der Waals surface area contributed by atoms with Gasteiger partial charge in [-0.1, -0.05) is 5.92 Å². The number of pyridine rings is 2.